The van der Waals surface area contributed by atoms with E-state index in [1.165, 1.54) is 12.1 Å². The first-order chi connectivity index (χ1) is 19.0. The Balaban J connectivity index is 0.000000482. The minimum absolute atomic E-state index is 0.0267. The summed E-state index contributed by atoms with van der Waals surface area (Å²) in [7, 11) is 1.65. The molecular weight excluding hydrogens is 523 g/mol. The molecule has 2 aliphatic rings. The Bertz CT molecular complexity index is 1310. The number of Topliss-reactive ketones (excluding diaryl/α,β-unsaturated/α-hetero) is 1. The predicted molar refractivity (Wildman–Crippen MR) is 144 cm³/mol. The maximum atomic E-state index is 13.6. The zero-order chi connectivity index (χ0) is 29.4. The Labute approximate surface area is 231 Å². The molecule has 11 heteroatoms. The molecule has 2 aromatic rings. The van der Waals surface area contributed by atoms with Crippen molar-refractivity contribution in [1.82, 2.24) is 10.1 Å². The zero-order valence-electron chi connectivity index (χ0n) is 23.1. The van der Waals surface area contributed by atoms with Gasteiger partial charge in [0, 0.05) is 49.2 Å². The second-order valence-corrected chi connectivity index (χ2v) is 9.71. The third-order valence-electron chi connectivity index (χ3n) is 7.07. The summed E-state index contributed by atoms with van der Waals surface area (Å²) in [6, 6.07) is 4.56. The molecule has 2 unspecified atom stereocenters. The number of halogens is 1. The summed E-state index contributed by atoms with van der Waals surface area (Å²) in [6.07, 6.45) is 7.76. The van der Waals surface area contributed by atoms with Gasteiger partial charge in [0.1, 0.15) is 11.6 Å². The van der Waals surface area contributed by atoms with E-state index in [4.69, 9.17) is 24.2 Å². The van der Waals surface area contributed by atoms with Gasteiger partial charge < -0.3 is 29.1 Å². The van der Waals surface area contributed by atoms with E-state index in [2.05, 4.69) is 10.1 Å². The molecule has 2 heterocycles. The lowest BCUT2D eigenvalue weighted by molar-refractivity contribution is -0.142. The van der Waals surface area contributed by atoms with Crippen LogP contribution in [0.4, 0.5) is 4.39 Å². The number of aromatic nitrogens is 1. The van der Waals surface area contributed by atoms with Gasteiger partial charge in [-0.2, -0.15) is 0 Å². The number of fused-ring (bicyclic) bond motifs is 1. The van der Waals surface area contributed by atoms with Gasteiger partial charge in [0.2, 0.25) is 0 Å². The molecule has 0 amide bonds. The van der Waals surface area contributed by atoms with Gasteiger partial charge in [-0.15, -0.1) is 0 Å². The number of carboxylic acids is 2. The fourth-order valence-corrected chi connectivity index (χ4v) is 5.14. The summed E-state index contributed by atoms with van der Waals surface area (Å²) in [5.41, 5.74) is 1.30. The SMILES string of the molecule is CCCO[C@]1(C(C)=O)C=CC(N2CCCC(c3noc4cc(F)ccc34)C2)=C(OC)C1C.O=C(O)C=CC(=O)O. The van der Waals surface area contributed by atoms with Crippen LogP contribution in [0.3, 0.4) is 0 Å². The number of likely N-dealkylation sites (tertiary alicyclic amines) is 1. The Hall–Kier alpha value is -3.99. The van der Waals surface area contributed by atoms with Crippen LogP contribution >= 0.6 is 0 Å². The molecule has 0 spiro atoms. The van der Waals surface area contributed by atoms with Crippen LogP contribution in [0.5, 0.6) is 0 Å². The van der Waals surface area contributed by atoms with Crippen molar-refractivity contribution in [2.24, 2.45) is 5.92 Å². The molecule has 216 valence electrons. The van der Waals surface area contributed by atoms with Crippen molar-refractivity contribution < 1.29 is 43.0 Å². The third-order valence-corrected chi connectivity index (χ3v) is 7.07. The number of ketones is 1. The van der Waals surface area contributed by atoms with E-state index in [1.807, 2.05) is 26.0 Å². The van der Waals surface area contributed by atoms with Crippen molar-refractivity contribution in [1.29, 1.82) is 0 Å². The standard InChI is InChI=1S/C25H31FN2O4.C4H4O4/c1-5-13-31-25(17(3)29)11-10-21(24(30-4)16(25)2)28-12-6-7-18(15-28)23-20-9-8-19(26)14-22(20)32-27-23;5-3(6)1-2-4(7)8/h8-11,14,16,18H,5-7,12-13,15H2,1-4H3;1-2H,(H,5,6)(H,7,8)/t16?,18?,25-;/m1./s1. The number of carbonyl (C=O) groups is 3. The topological polar surface area (TPSA) is 139 Å². The number of aliphatic carboxylic acids is 2. The number of nitrogens with zero attached hydrogens (tertiary/aromatic N) is 2. The zero-order valence-corrected chi connectivity index (χ0v) is 23.1. The molecule has 10 nitrogen and oxygen atoms in total. The van der Waals surface area contributed by atoms with E-state index in [1.54, 1.807) is 20.1 Å². The van der Waals surface area contributed by atoms with Crippen LogP contribution < -0.4 is 0 Å². The molecule has 4 rings (SSSR count). The number of hydrogen-bond donors (Lipinski definition) is 2. The molecule has 40 heavy (non-hydrogen) atoms. The van der Waals surface area contributed by atoms with Gasteiger partial charge in [-0.25, -0.2) is 14.0 Å². The smallest absolute Gasteiger partial charge is 0.328 e. The van der Waals surface area contributed by atoms with Crippen molar-refractivity contribution >= 4 is 28.7 Å². The van der Waals surface area contributed by atoms with E-state index in [0.29, 0.717) is 24.3 Å². The van der Waals surface area contributed by atoms with Gasteiger partial charge in [0.25, 0.3) is 0 Å². The lowest BCUT2D eigenvalue weighted by Gasteiger charge is -2.42. The fourth-order valence-electron chi connectivity index (χ4n) is 5.14. The van der Waals surface area contributed by atoms with Gasteiger partial charge in [-0.05, 0) is 50.5 Å². The van der Waals surface area contributed by atoms with E-state index >= 15 is 0 Å². The maximum Gasteiger partial charge on any atom is 0.328 e. The highest BCUT2D eigenvalue weighted by Crippen LogP contribution is 2.40. The average molecular weight is 559 g/mol. The van der Waals surface area contributed by atoms with Crippen LogP contribution in [0.25, 0.3) is 11.0 Å². The normalized spacial score (nSPS) is 22.8. The van der Waals surface area contributed by atoms with Crippen LogP contribution in [-0.2, 0) is 23.9 Å². The van der Waals surface area contributed by atoms with Crippen LogP contribution in [0.1, 0.15) is 51.6 Å². The number of ether oxygens (including phenoxy) is 2. The summed E-state index contributed by atoms with van der Waals surface area (Å²) in [6.45, 7) is 7.71. The van der Waals surface area contributed by atoms with Crippen molar-refractivity contribution in [2.45, 2.75) is 51.6 Å². The second kappa shape index (κ2) is 13.4. The molecule has 3 atom stereocenters. The summed E-state index contributed by atoms with van der Waals surface area (Å²) in [5.74, 6) is -2.21. The quantitative estimate of drug-likeness (QED) is 0.417. The van der Waals surface area contributed by atoms with Crippen molar-refractivity contribution in [3.05, 3.63) is 65.5 Å². The Morgan fingerprint density at radius 3 is 2.55 bits per heavy atom. The van der Waals surface area contributed by atoms with E-state index in [0.717, 1.165) is 54.9 Å². The number of allylic oxidation sites excluding steroid dienone is 1. The minimum atomic E-state index is -1.26. The first-order valence-electron chi connectivity index (χ1n) is 13.1. The number of methoxy groups -OCH3 is 1. The molecule has 1 aromatic carbocycles. The van der Waals surface area contributed by atoms with Crippen LogP contribution in [0.15, 0.2) is 58.5 Å². The second-order valence-electron chi connectivity index (χ2n) is 9.71. The predicted octanol–water partition coefficient (Wildman–Crippen LogP) is 4.68. The van der Waals surface area contributed by atoms with Gasteiger partial charge in [0.15, 0.2) is 17.0 Å². The van der Waals surface area contributed by atoms with Crippen molar-refractivity contribution in [3.8, 4) is 0 Å². The highest BCUT2D eigenvalue weighted by Gasteiger charge is 2.46. The Kier molecular flexibility index (Phi) is 10.2. The van der Waals surface area contributed by atoms with Crippen LogP contribution in [0, 0.1) is 11.7 Å². The van der Waals surface area contributed by atoms with Gasteiger partial charge in [-0.3, -0.25) is 4.79 Å². The van der Waals surface area contributed by atoms with Gasteiger partial charge >= 0.3 is 11.9 Å². The molecule has 0 bridgehead atoms. The van der Waals surface area contributed by atoms with Gasteiger partial charge in [0.05, 0.1) is 24.4 Å². The lowest BCUT2D eigenvalue weighted by Crippen LogP contribution is -2.48. The Morgan fingerprint density at radius 1 is 1.25 bits per heavy atom. The van der Waals surface area contributed by atoms with E-state index < -0.39 is 17.5 Å². The molecule has 1 fully saturated rings. The molecular formula is C29H35FN2O8. The summed E-state index contributed by atoms with van der Waals surface area (Å²) in [5, 5.41) is 20.8. The number of benzene rings is 1. The van der Waals surface area contributed by atoms with Gasteiger partial charge in [-0.1, -0.05) is 19.0 Å². The van der Waals surface area contributed by atoms with E-state index in [9.17, 15) is 18.8 Å². The highest BCUT2D eigenvalue weighted by molar-refractivity contribution is 5.90. The van der Waals surface area contributed by atoms with Crippen molar-refractivity contribution in [2.75, 3.05) is 26.8 Å². The monoisotopic (exact) mass is 558 g/mol. The minimum Gasteiger partial charge on any atom is -0.499 e. The largest absolute Gasteiger partial charge is 0.499 e. The first kappa shape index (κ1) is 30.6. The highest BCUT2D eigenvalue weighted by atomic mass is 19.1. The molecule has 1 aromatic heterocycles. The van der Waals surface area contributed by atoms with E-state index in [-0.39, 0.29) is 23.4 Å². The number of piperidine rings is 1. The number of carboxylic acid groups (broad SMARTS) is 2. The summed E-state index contributed by atoms with van der Waals surface area (Å²) < 4.78 is 30.9. The number of carbonyl (C=O) groups excluding carboxylic acids is 1. The average Bonchev–Trinajstić information content (AvgIpc) is 3.34. The summed E-state index contributed by atoms with van der Waals surface area (Å²) >= 11 is 0. The molecule has 0 saturated carbocycles. The van der Waals surface area contributed by atoms with Crippen LogP contribution in [-0.4, -0.2) is 70.4 Å². The summed E-state index contributed by atoms with van der Waals surface area (Å²) in [4.78, 5) is 34.0. The third kappa shape index (κ3) is 6.77. The number of rotatable bonds is 9. The molecule has 1 saturated heterocycles. The molecule has 0 radical (unpaired) electrons. The molecule has 1 aliphatic heterocycles. The fraction of sp³-hybridized carbons (Fsp3) is 0.448. The van der Waals surface area contributed by atoms with Crippen molar-refractivity contribution in [3.63, 3.8) is 0 Å². The Morgan fingerprint density at radius 2 is 1.95 bits per heavy atom. The maximum absolute atomic E-state index is 13.6. The molecule has 1 aliphatic carbocycles. The lowest BCUT2D eigenvalue weighted by atomic mass is 9.79. The van der Waals surface area contributed by atoms with Crippen LogP contribution in [0.2, 0.25) is 0 Å². The molecule has 2 N–H and O–H groups in total. The number of hydrogen-bond acceptors (Lipinski definition) is 8. The first-order valence-corrected chi connectivity index (χ1v) is 13.1.